The maximum atomic E-state index is 9.43. The molecule has 5 nitrogen and oxygen atoms in total. The molecular formula is C14H12BNO4. The monoisotopic (exact) mass is 269 g/mol. The summed E-state index contributed by atoms with van der Waals surface area (Å²) in [5.74, 6) is 0. The molecule has 0 unspecified atom stereocenters. The van der Waals surface area contributed by atoms with E-state index in [2.05, 4.69) is 4.89 Å². The summed E-state index contributed by atoms with van der Waals surface area (Å²) >= 11 is 0. The number of nitrogens with zero attached hydrogens (tertiary/aromatic N) is 1. The SMILES string of the molecule is N#Cc1cc(-c2ccccc2)cc(B(O)O)c1COO. The molecule has 0 atom stereocenters. The van der Waals surface area contributed by atoms with Crippen LogP contribution in [-0.2, 0) is 11.5 Å². The summed E-state index contributed by atoms with van der Waals surface area (Å²) in [7, 11) is -1.75. The zero-order chi connectivity index (χ0) is 14.5. The first-order valence-corrected chi connectivity index (χ1v) is 5.92. The average molecular weight is 269 g/mol. The van der Waals surface area contributed by atoms with Crippen LogP contribution in [0.1, 0.15) is 11.1 Å². The third-order valence-corrected chi connectivity index (χ3v) is 3.00. The van der Waals surface area contributed by atoms with Gasteiger partial charge in [-0.15, -0.1) is 0 Å². The van der Waals surface area contributed by atoms with Crippen molar-refractivity contribution < 1.29 is 20.2 Å². The molecule has 0 heterocycles. The smallest absolute Gasteiger partial charge is 0.423 e. The minimum Gasteiger partial charge on any atom is -0.423 e. The maximum absolute atomic E-state index is 9.43. The van der Waals surface area contributed by atoms with Gasteiger partial charge in [-0.3, -0.25) is 5.26 Å². The minimum atomic E-state index is -1.75. The molecule has 2 rings (SSSR count). The Morgan fingerprint density at radius 1 is 1.10 bits per heavy atom. The summed E-state index contributed by atoms with van der Waals surface area (Å²) in [6, 6.07) is 14.4. The molecule has 0 spiro atoms. The van der Waals surface area contributed by atoms with Gasteiger partial charge in [0.25, 0.3) is 0 Å². The molecule has 20 heavy (non-hydrogen) atoms. The summed E-state index contributed by atoms with van der Waals surface area (Å²) in [6.07, 6.45) is 0. The quantitative estimate of drug-likeness (QED) is 0.435. The number of nitriles is 1. The molecular weight excluding hydrogens is 257 g/mol. The summed E-state index contributed by atoms with van der Waals surface area (Å²) in [4.78, 5) is 4.03. The van der Waals surface area contributed by atoms with E-state index in [1.165, 1.54) is 0 Å². The van der Waals surface area contributed by atoms with Crippen molar-refractivity contribution in [3.63, 3.8) is 0 Å². The van der Waals surface area contributed by atoms with Crippen molar-refractivity contribution in [1.82, 2.24) is 0 Å². The van der Waals surface area contributed by atoms with Crippen molar-refractivity contribution in [1.29, 1.82) is 5.26 Å². The Bertz CT molecular complexity index is 638. The van der Waals surface area contributed by atoms with Crippen LogP contribution in [0.3, 0.4) is 0 Å². The second-order valence-corrected chi connectivity index (χ2v) is 4.22. The van der Waals surface area contributed by atoms with E-state index in [1.807, 2.05) is 36.4 Å². The van der Waals surface area contributed by atoms with Crippen molar-refractivity contribution in [2.45, 2.75) is 6.61 Å². The lowest BCUT2D eigenvalue weighted by Gasteiger charge is -2.12. The lowest BCUT2D eigenvalue weighted by atomic mass is 9.74. The van der Waals surface area contributed by atoms with Crippen LogP contribution >= 0.6 is 0 Å². The van der Waals surface area contributed by atoms with E-state index in [4.69, 9.17) is 5.26 Å². The molecule has 6 heteroatoms. The largest absolute Gasteiger partial charge is 0.488 e. The van der Waals surface area contributed by atoms with Crippen LogP contribution in [0.15, 0.2) is 42.5 Å². The van der Waals surface area contributed by atoms with Gasteiger partial charge in [0.15, 0.2) is 0 Å². The van der Waals surface area contributed by atoms with Crippen LogP contribution in [-0.4, -0.2) is 22.4 Å². The molecule has 0 aliphatic carbocycles. The Morgan fingerprint density at radius 3 is 2.35 bits per heavy atom. The third-order valence-electron chi connectivity index (χ3n) is 3.00. The third kappa shape index (κ3) is 2.87. The highest BCUT2D eigenvalue weighted by atomic mass is 17.1. The molecule has 100 valence electrons. The minimum absolute atomic E-state index is 0.136. The maximum Gasteiger partial charge on any atom is 0.488 e. The molecule has 3 N–H and O–H groups in total. The summed E-state index contributed by atoms with van der Waals surface area (Å²) < 4.78 is 0. The Morgan fingerprint density at radius 2 is 1.80 bits per heavy atom. The molecule has 0 aliphatic heterocycles. The van der Waals surface area contributed by atoms with Crippen LogP contribution in [0.2, 0.25) is 0 Å². The zero-order valence-electron chi connectivity index (χ0n) is 10.5. The van der Waals surface area contributed by atoms with Crippen LogP contribution < -0.4 is 5.46 Å². The Balaban J connectivity index is 2.63. The topological polar surface area (TPSA) is 93.7 Å². The van der Waals surface area contributed by atoms with Crippen LogP contribution in [0.4, 0.5) is 0 Å². The second kappa shape index (κ2) is 6.32. The first kappa shape index (κ1) is 14.2. The molecule has 2 aromatic rings. The van der Waals surface area contributed by atoms with Crippen LogP contribution in [0.25, 0.3) is 11.1 Å². The van der Waals surface area contributed by atoms with Gasteiger partial charge in [-0.05, 0) is 28.2 Å². The number of rotatable bonds is 4. The van der Waals surface area contributed by atoms with Crippen molar-refractivity contribution >= 4 is 12.6 Å². The highest BCUT2D eigenvalue weighted by Crippen LogP contribution is 2.21. The molecule has 0 radical (unpaired) electrons. The Kier molecular flexibility index (Phi) is 4.51. The fraction of sp³-hybridized carbons (Fsp3) is 0.0714. The van der Waals surface area contributed by atoms with E-state index in [0.29, 0.717) is 5.56 Å². The average Bonchev–Trinajstić information content (AvgIpc) is 2.48. The Hall–Kier alpha value is -2.17. The van der Waals surface area contributed by atoms with Gasteiger partial charge in [-0.25, -0.2) is 4.89 Å². The molecule has 0 aromatic heterocycles. The first-order valence-electron chi connectivity index (χ1n) is 5.92. The van der Waals surface area contributed by atoms with Crippen molar-refractivity contribution in [3.8, 4) is 17.2 Å². The molecule has 0 bridgehead atoms. The molecule has 0 aliphatic rings. The summed E-state index contributed by atoms with van der Waals surface area (Å²) in [5.41, 5.74) is 2.15. The molecule has 0 amide bonds. The van der Waals surface area contributed by atoms with Gasteiger partial charge >= 0.3 is 7.12 Å². The van der Waals surface area contributed by atoms with E-state index in [-0.39, 0.29) is 23.2 Å². The van der Waals surface area contributed by atoms with Crippen LogP contribution in [0.5, 0.6) is 0 Å². The molecule has 0 saturated carbocycles. The number of hydrogen-bond acceptors (Lipinski definition) is 5. The highest BCUT2D eigenvalue weighted by molar-refractivity contribution is 6.59. The second-order valence-electron chi connectivity index (χ2n) is 4.22. The van der Waals surface area contributed by atoms with E-state index < -0.39 is 7.12 Å². The number of benzene rings is 2. The lowest BCUT2D eigenvalue weighted by molar-refractivity contribution is -0.252. The van der Waals surface area contributed by atoms with E-state index in [0.717, 1.165) is 5.56 Å². The van der Waals surface area contributed by atoms with E-state index >= 15 is 0 Å². The molecule has 2 aromatic carbocycles. The van der Waals surface area contributed by atoms with Gasteiger partial charge in [0.1, 0.15) is 6.61 Å². The van der Waals surface area contributed by atoms with Gasteiger partial charge in [0.2, 0.25) is 0 Å². The van der Waals surface area contributed by atoms with Gasteiger partial charge in [0, 0.05) is 0 Å². The fourth-order valence-electron chi connectivity index (χ4n) is 2.05. The molecule has 0 fully saturated rings. The van der Waals surface area contributed by atoms with Crippen molar-refractivity contribution in [2.75, 3.05) is 0 Å². The van der Waals surface area contributed by atoms with Crippen molar-refractivity contribution in [3.05, 3.63) is 53.6 Å². The molecule has 0 saturated heterocycles. The van der Waals surface area contributed by atoms with Crippen molar-refractivity contribution in [2.24, 2.45) is 0 Å². The zero-order valence-corrected chi connectivity index (χ0v) is 10.5. The fourth-order valence-corrected chi connectivity index (χ4v) is 2.05. The summed E-state index contributed by atoms with van der Waals surface area (Å²) in [5, 5.41) is 36.6. The Labute approximate surface area is 116 Å². The standard InChI is InChI=1S/C14H12BNO4/c16-8-12-6-11(10-4-2-1-3-5-10)7-14(15(17)18)13(12)9-20-19/h1-7,17-19H,9H2. The van der Waals surface area contributed by atoms with Gasteiger partial charge < -0.3 is 10.0 Å². The van der Waals surface area contributed by atoms with E-state index in [9.17, 15) is 15.3 Å². The summed E-state index contributed by atoms with van der Waals surface area (Å²) in [6.45, 7) is -0.287. The van der Waals surface area contributed by atoms with Gasteiger partial charge in [-0.2, -0.15) is 5.26 Å². The van der Waals surface area contributed by atoms with Gasteiger partial charge in [-0.1, -0.05) is 36.4 Å². The predicted octanol–water partition coefficient (Wildman–Crippen LogP) is 0.895. The van der Waals surface area contributed by atoms with Crippen LogP contribution in [0, 0.1) is 11.3 Å². The number of hydrogen-bond donors (Lipinski definition) is 3. The van der Waals surface area contributed by atoms with Gasteiger partial charge in [0.05, 0.1) is 11.6 Å². The normalized spacial score (nSPS) is 10.1. The predicted molar refractivity (Wildman–Crippen MR) is 73.8 cm³/mol. The highest BCUT2D eigenvalue weighted by Gasteiger charge is 2.21. The van der Waals surface area contributed by atoms with E-state index in [1.54, 1.807) is 12.1 Å². The lowest BCUT2D eigenvalue weighted by Crippen LogP contribution is -2.34. The first-order chi connectivity index (χ1) is 9.67.